The van der Waals surface area contributed by atoms with E-state index in [1.807, 2.05) is 12.3 Å². The summed E-state index contributed by atoms with van der Waals surface area (Å²) in [6, 6.07) is 1.93. The molecule has 20 heavy (non-hydrogen) atoms. The van der Waals surface area contributed by atoms with E-state index >= 15 is 0 Å². The van der Waals surface area contributed by atoms with Gasteiger partial charge in [-0.3, -0.25) is 4.79 Å². The number of aromatic nitrogens is 1. The fourth-order valence-corrected chi connectivity index (χ4v) is 2.02. The van der Waals surface area contributed by atoms with E-state index in [1.54, 1.807) is 0 Å². The minimum atomic E-state index is -0.144. The number of rotatable bonds is 6. The molecule has 1 aromatic rings. The highest BCUT2D eigenvalue weighted by Crippen LogP contribution is 2.42. The maximum Gasteiger partial charge on any atom is 0.314 e. The van der Waals surface area contributed by atoms with Gasteiger partial charge in [0.05, 0.1) is 12.5 Å². The third kappa shape index (κ3) is 3.30. The number of hydrogen-bond acceptors (Lipinski definition) is 4. The second-order valence-corrected chi connectivity index (χ2v) is 6.25. The molecular formula is C16H21NO3. The van der Waals surface area contributed by atoms with E-state index in [2.05, 4.69) is 18.8 Å². The smallest absolute Gasteiger partial charge is 0.314 e. The van der Waals surface area contributed by atoms with Crippen molar-refractivity contribution in [3.05, 3.63) is 17.8 Å². The topological polar surface area (TPSA) is 48.4 Å². The fraction of sp³-hybridized carbons (Fsp3) is 0.625. The average Bonchev–Trinajstić information content (AvgIpc) is 3.30. The molecule has 0 atom stereocenters. The van der Waals surface area contributed by atoms with Crippen molar-refractivity contribution >= 4 is 5.97 Å². The molecule has 0 aromatic carbocycles. The third-order valence-electron chi connectivity index (χ3n) is 3.56. The van der Waals surface area contributed by atoms with E-state index in [0.717, 1.165) is 18.4 Å². The lowest BCUT2D eigenvalue weighted by molar-refractivity contribution is -0.135. The summed E-state index contributed by atoms with van der Waals surface area (Å²) in [6.07, 6.45) is 6.13. The second-order valence-electron chi connectivity index (χ2n) is 6.25. The standard InChI is InChI=1S/C16H21NO3/c1-10(2)9-19-15-14(20-16(18)12-5-6-12)7-13(8-17-15)11-3-4-11/h7-8,10-12H,3-6,9H2,1-2H3. The Balaban J connectivity index is 1.77. The first kappa shape index (κ1) is 13.4. The summed E-state index contributed by atoms with van der Waals surface area (Å²) in [6.45, 7) is 4.73. The predicted octanol–water partition coefficient (Wildman–Crippen LogP) is 3.31. The van der Waals surface area contributed by atoms with Gasteiger partial charge >= 0.3 is 5.97 Å². The summed E-state index contributed by atoms with van der Waals surface area (Å²) in [4.78, 5) is 16.2. The van der Waals surface area contributed by atoms with Crippen molar-refractivity contribution in [3.8, 4) is 11.6 Å². The Kier molecular flexibility index (Phi) is 3.64. The van der Waals surface area contributed by atoms with E-state index in [0.29, 0.717) is 30.1 Å². The van der Waals surface area contributed by atoms with Gasteiger partial charge in [-0.05, 0) is 49.1 Å². The molecule has 1 aromatic heterocycles. The molecule has 3 rings (SSSR count). The van der Waals surface area contributed by atoms with E-state index in [4.69, 9.17) is 9.47 Å². The van der Waals surface area contributed by atoms with Crippen molar-refractivity contribution in [2.45, 2.75) is 45.4 Å². The Morgan fingerprint density at radius 1 is 1.35 bits per heavy atom. The first-order valence-electron chi connectivity index (χ1n) is 7.48. The zero-order chi connectivity index (χ0) is 14.1. The van der Waals surface area contributed by atoms with Gasteiger partial charge in [0.15, 0.2) is 5.75 Å². The lowest BCUT2D eigenvalue weighted by atomic mass is 10.2. The minimum absolute atomic E-state index is 0.0810. The minimum Gasteiger partial charge on any atom is -0.475 e. The van der Waals surface area contributed by atoms with Gasteiger partial charge < -0.3 is 9.47 Å². The van der Waals surface area contributed by atoms with Crippen LogP contribution in [-0.2, 0) is 4.79 Å². The van der Waals surface area contributed by atoms with E-state index in [-0.39, 0.29) is 11.9 Å². The first-order chi connectivity index (χ1) is 9.63. The van der Waals surface area contributed by atoms with Crippen molar-refractivity contribution in [1.82, 2.24) is 4.98 Å². The Labute approximate surface area is 119 Å². The van der Waals surface area contributed by atoms with Gasteiger partial charge in [-0.15, -0.1) is 0 Å². The number of nitrogens with zero attached hydrogens (tertiary/aromatic N) is 1. The molecule has 4 nitrogen and oxygen atoms in total. The van der Waals surface area contributed by atoms with Crippen LogP contribution in [0, 0.1) is 11.8 Å². The van der Waals surface area contributed by atoms with Crippen LogP contribution in [0.15, 0.2) is 12.3 Å². The molecule has 0 unspecified atom stereocenters. The van der Waals surface area contributed by atoms with Crippen LogP contribution in [-0.4, -0.2) is 17.6 Å². The molecule has 0 radical (unpaired) electrons. The fourth-order valence-electron chi connectivity index (χ4n) is 2.02. The number of carbonyl (C=O) groups excluding carboxylic acids is 1. The lowest BCUT2D eigenvalue weighted by Gasteiger charge is -2.13. The lowest BCUT2D eigenvalue weighted by Crippen LogP contribution is -2.13. The van der Waals surface area contributed by atoms with Gasteiger partial charge in [-0.2, -0.15) is 0 Å². The molecule has 4 heteroatoms. The van der Waals surface area contributed by atoms with Crippen molar-refractivity contribution in [2.24, 2.45) is 11.8 Å². The SMILES string of the molecule is CC(C)COc1ncc(C2CC2)cc1OC(=O)C1CC1. The molecule has 2 aliphatic carbocycles. The molecule has 2 fully saturated rings. The van der Waals surface area contributed by atoms with E-state index in [9.17, 15) is 4.79 Å². The Hall–Kier alpha value is -1.58. The zero-order valence-corrected chi connectivity index (χ0v) is 12.1. The monoisotopic (exact) mass is 275 g/mol. The molecular weight excluding hydrogens is 254 g/mol. The Bertz CT molecular complexity index is 504. The van der Waals surface area contributed by atoms with Crippen LogP contribution < -0.4 is 9.47 Å². The number of carbonyl (C=O) groups is 1. The van der Waals surface area contributed by atoms with Gasteiger partial charge in [0.2, 0.25) is 0 Å². The number of esters is 1. The third-order valence-corrected chi connectivity index (χ3v) is 3.56. The number of hydrogen-bond donors (Lipinski definition) is 0. The zero-order valence-electron chi connectivity index (χ0n) is 12.1. The maximum absolute atomic E-state index is 11.9. The molecule has 0 spiro atoms. The molecule has 0 amide bonds. The maximum atomic E-state index is 11.9. The average molecular weight is 275 g/mol. The van der Waals surface area contributed by atoms with Crippen molar-refractivity contribution in [1.29, 1.82) is 0 Å². The largest absolute Gasteiger partial charge is 0.475 e. The van der Waals surface area contributed by atoms with Crippen LogP contribution in [0.4, 0.5) is 0 Å². The molecule has 108 valence electrons. The van der Waals surface area contributed by atoms with Crippen LogP contribution in [0.3, 0.4) is 0 Å². The predicted molar refractivity (Wildman–Crippen MR) is 74.9 cm³/mol. The summed E-state index contributed by atoms with van der Waals surface area (Å²) < 4.78 is 11.2. The summed E-state index contributed by atoms with van der Waals surface area (Å²) in [5.41, 5.74) is 1.15. The van der Waals surface area contributed by atoms with Crippen LogP contribution in [0.25, 0.3) is 0 Å². The van der Waals surface area contributed by atoms with Crippen LogP contribution in [0.5, 0.6) is 11.6 Å². The van der Waals surface area contributed by atoms with E-state index in [1.165, 1.54) is 12.8 Å². The molecule has 0 bridgehead atoms. The normalized spacial score (nSPS) is 18.1. The molecule has 1 heterocycles. The number of ether oxygens (including phenoxy) is 2. The molecule has 2 aliphatic rings. The summed E-state index contributed by atoms with van der Waals surface area (Å²) in [5, 5.41) is 0. The van der Waals surface area contributed by atoms with Gasteiger partial charge in [0.1, 0.15) is 0 Å². The van der Waals surface area contributed by atoms with Crippen LogP contribution in [0.2, 0.25) is 0 Å². The Morgan fingerprint density at radius 2 is 2.10 bits per heavy atom. The Morgan fingerprint density at radius 3 is 2.70 bits per heavy atom. The number of pyridine rings is 1. The first-order valence-corrected chi connectivity index (χ1v) is 7.48. The van der Waals surface area contributed by atoms with Gasteiger partial charge in [0, 0.05) is 6.20 Å². The highest BCUT2D eigenvalue weighted by atomic mass is 16.6. The van der Waals surface area contributed by atoms with Gasteiger partial charge in [0.25, 0.3) is 5.88 Å². The molecule has 2 saturated carbocycles. The summed E-state index contributed by atoms with van der Waals surface area (Å²) >= 11 is 0. The van der Waals surface area contributed by atoms with Crippen molar-refractivity contribution < 1.29 is 14.3 Å². The van der Waals surface area contributed by atoms with Gasteiger partial charge in [-0.25, -0.2) is 4.98 Å². The van der Waals surface area contributed by atoms with Crippen LogP contribution >= 0.6 is 0 Å². The molecule has 0 N–H and O–H groups in total. The van der Waals surface area contributed by atoms with Gasteiger partial charge in [-0.1, -0.05) is 13.8 Å². The van der Waals surface area contributed by atoms with Crippen molar-refractivity contribution in [3.63, 3.8) is 0 Å². The molecule has 0 aliphatic heterocycles. The molecule has 0 saturated heterocycles. The highest BCUT2D eigenvalue weighted by Gasteiger charge is 2.33. The summed E-state index contributed by atoms with van der Waals surface area (Å²) in [7, 11) is 0. The van der Waals surface area contributed by atoms with Crippen LogP contribution in [0.1, 0.15) is 51.0 Å². The highest BCUT2D eigenvalue weighted by molar-refractivity contribution is 5.77. The quantitative estimate of drug-likeness (QED) is 0.747. The second kappa shape index (κ2) is 5.43. The van der Waals surface area contributed by atoms with E-state index < -0.39 is 0 Å². The van der Waals surface area contributed by atoms with Crippen molar-refractivity contribution in [2.75, 3.05) is 6.61 Å². The summed E-state index contributed by atoms with van der Waals surface area (Å²) in [5.74, 6) is 1.86.